The first-order valence-electron chi connectivity index (χ1n) is 11.5. The van der Waals surface area contributed by atoms with Gasteiger partial charge < -0.3 is 14.8 Å². The highest BCUT2D eigenvalue weighted by molar-refractivity contribution is 5.79. The lowest BCUT2D eigenvalue weighted by molar-refractivity contribution is -0.143. The summed E-state index contributed by atoms with van der Waals surface area (Å²) in [6, 6.07) is 6.89. The van der Waals surface area contributed by atoms with Gasteiger partial charge in [0.25, 0.3) is 5.56 Å². The largest absolute Gasteiger partial charge is 0.492 e. The predicted octanol–water partition coefficient (Wildman–Crippen LogP) is 3.09. The van der Waals surface area contributed by atoms with Crippen LogP contribution in [0.15, 0.2) is 29.1 Å². The van der Waals surface area contributed by atoms with Crippen LogP contribution in [0.5, 0.6) is 5.75 Å². The van der Waals surface area contributed by atoms with Gasteiger partial charge in [-0.1, -0.05) is 20.3 Å². The van der Waals surface area contributed by atoms with E-state index in [1.807, 2.05) is 31.2 Å². The van der Waals surface area contributed by atoms with E-state index in [1.54, 1.807) is 30.1 Å². The normalized spacial score (nSPS) is 12.0. The Hall–Kier alpha value is -3.36. The third kappa shape index (κ3) is 5.53. The van der Waals surface area contributed by atoms with E-state index in [0.717, 1.165) is 30.0 Å². The van der Waals surface area contributed by atoms with Gasteiger partial charge in [-0.25, -0.2) is 9.78 Å². The minimum atomic E-state index is -0.441. The fourth-order valence-corrected chi connectivity index (χ4v) is 3.74. The summed E-state index contributed by atoms with van der Waals surface area (Å²) < 4.78 is 14.2. The molecular formula is C24H33N5O4. The summed E-state index contributed by atoms with van der Waals surface area (Å²) in [6.07, 6.45) is 2.39. The predicted molar refractivity (Wildman–Crippen MR) is 128 cm³/mol. The average Bonchev–Trinajstić information content (AvgIpc) is 3.11. The number of hydrogen-bond acceptors (Lipinski definition) is 7. The first-order valence-corrected chi connectivity index (χ1v) is 11.5. The smallest absolute Gasteiger partial charge is 0.328 e. The van der Waals surface area contributed by atoms with E-state index in [2.05, 4.69) is 17.3 Å². The van der Waals surface area contributed by atoms with Crippen molar-refractivity contribution in [3.8, 4) is 5.75 Å². The van der Waals surface area contributed by atoms with Crippen molar-refractivity contribution in [1.29, 1.82) is 0 Å². The molecule has 9 nitrogen and oxygen atoms in total. The van der Waals surface area contributed by atoms with Crippen LogP contribution in [0.3, 0.4) is 0 Å². The van der Waals surface area contributed by atoms with Crippen molar-refractivity contribution in [3.63, 3.8) is 0 Å². The number of nitrogens with one attached hydrogen (secondary N) is 1. The number of aromatic nitrogens is 4. The Morgan fingerprint density at radius 3 is 2.55 bits per heavy atom. The van der Waals surface area contributed by atoms with E-state index in [-0.39, 0.29) is 11.5 Å². The van der Waals surface area contributed by atoms with Crippen molar-refractivity contribution in [2.45, 2.75) is 59.5 Å². The lowest BCUT2D eigenvalue weighted by atomic mass is 10.2. The number of carbonyl (C=O) groups is 1. The standard InChI is InChI=1S/C24H33N5O4/c1-6-9-19-21-22(28(5)27-19)23(30)29(20(7-2)26-21)14-15-33-18-12-10-17(11-13-18)25-16(4)24(31)32-8-3/h10-13,16,25H,6-9,14-15H2,1-5H3. The molecule has 9 heteroatoms. The Balaban J connectivity index is 1.68. The molecule has 0 amide bonds. The summed E-state index contributed by atoms with van der Waals surface area (Å²) in [7, 11) is 1.79. The zero-order chi connectivity index (χ0) is 24.0. The highest BCUT2D eigenvalue weighted by atomic mass is 16.5. The van der Waals surface area contributed by atoms with Crippen LogP contribution < -0.4 is 15.6 Å². The molecule has 1 N–H and O–H groups in total. The maximum Gasteiger partial charge on any atom is 0.328 e. The number of rotatable bonds is 11. The molecule has 0 saturated heterocycles. The topological polar surface area (TPSA) is 100 Å². The molecule has 1 atom stereocenters. The summed E-state index contributed by atoms with van der Waals surface area (Å²) in [6.45, 7) is 8.67. The first-order chi connectivity index (χ1) is 15.9. The zero-order valence-corrected chi connectivity index (χ0v) is 20.1. The van der Waals surface area contributed by atoms with E-state index < -0.39 is 6.04 Å². The van der Waals surface area contributed by atoms with Crippen LogP contribution in [0.1, 0.15) is 45.6 Å². The molecule has 0 saturated carbocycles. The molecule has 178 valence electrons. The monoisotopic (exact) mass is 455 g/mol. The summed E-state index contributed by atoms with van der Waals surface area (Å²) in [5, 5.41) is 7.61. The number of nitrogens with zero attached hydrogens (tertiary/aromatic N) is 4. The van der Waals surface area contributed by atoms with Gasteiger partial charge in [0.1, 0.15) is 29.7 Å². The van der Waals surface area contributed by atoms with Crippen LogP contribution in [0, 0.1) is 0 Å². The summed E-state index contributed by atoms with van der Waals surface area (Å²) in [5.41, 5.74) is 2.81. The third-order valence-corrected chi connectivity index (χ3v) is 5.36. The maximum atomic E-state index is 13.2. The fraction of sp³-hybridized carbons (Fsp3) is 0.500. The van der Waals surface area contributed by atoms with Crippen LogP contribution in [-0.2, 0) is 36.0 Å². The molecule has 0 aliphatic carbocycles. The molecule has 0 bridgehead atoms. The van der Waals surface area contributed by atoms with Crippen LogP contribution in [0.4, 0.5) is 5.69 Å². The van der Waals surface area contributed by atoms with Gasteiger partial charge in [0.2, 0.25) is 0 Å². The summed E-state index contributed by atoms with van der Waals surface area (Å²) >= 11 is 0. The van der Waals surface area contributed by atoms with E-state index >= 15 is 0 Å². The van der Waals surface area contributed by atoms with Gasteiger partial charge in [-0.3, -0.25) is 14.0 Å². The third-order valence-electron chi connectivity index (χ3n) is 5.36. The number of benzene rings is 1. The zero-order valence-electron chi connectivity index (χ0n) is 20.1. The van der Waals surface area contributed by atoms with Crippen LogP contribution >= 0.6 is 0 Å². The lowest BCUT2D eigenvalue weighted by Gasteiger charge is -2.15. The molecule has 1 unspecified atom stereocenters. The van der Waals surface area contributed by atoms with E-state index in [9.17, 15) is 9.59 Å². The lowest BCUT2D eigenvalue weighted by Crippen LogP contribution is -2.28. The van der Waals surface area contributed by atoms with Gasteiger partial charge in [-0.05, 0) is 44.5 Å². The number of carbonyl (C=O) groups excluding carboxylic acids is 1. The molecular weight excluding hydrogens is 422 g/mol. The maximum absolute atomic E-state index is 13.2. The van der Waals surface area contributed by atoms with Crippen molar-refractivity contribution < 1.29 is 14.3 Å². The van der Waals surface area contributed by atoms with Gasteiger partial charge in [0.15, 0.2) is 5.52 Å². The number of hydrogen-bond donors (Lipinski definition) is 1. The van der Waals surface area contributed by atoms with Crippen LogP contribution in [-0.4, -0.2) is 44.6 Å². The first kappa shape index (κ1) is 24.3. The molecule has 2 heterocycles. The second kappa shape index (κ2) is 11.0. The molecule has 0 radical (unpaired) electrons. The van der Waals surface area contributed by atoms with Crippen molar-refractivity contribution in [3.05, 3.63) is 46.1 Å². The summed E-state index contributed by atoms with van der Waals surface area (Å²) in [4.78, 5) is 29.7. The molecule has 1 aromatic carbocycles. The van der Waals surface area contributed by atoms with Crippen molar-refractivity contribution in [1.82, 2.24) is 19.3 Å². The number of aryl methyl sites for hydroxylation is 3. The fourth-order valence-electron chi connectivity index (χ4n) is 3.74. The Kier molecular flexibility index (Phi) is 8.08. The van der Waals surface area contributed by atoms with E-state index in [0.29, 0.717) is 43.0 Å². The molecule has 0 aliphatic heterocycles. The van der Waals surface area contributed by atoms with Gasteiger partial charge in [-0.2, -0.15) is 5.10 Å². The minimum Gasteiger partial charge on any atom is -0.492 e. The Morgan fingerprint density at radius 2 is 1.91 bits per heavy atom. The number of anilines is 1. The van der Waals surface area contributed by atoms with Gasteiger partial charge >= 0.3 is 5.97 Å². The van der Waals surface area contributed by atoms with Crippen LogP contribution in [0.25, 0.3) is 11.0 Å². The highest BCUT2D eigenvalue weighted by Crippen LogP contribution is 2.18. The van der Waals surface area contributed by atoms with Crippen LogP contribution in [0.2, 0.25) is 0 Å². The van der Waals surface area contributed by atoms with Crippen molar-refractivity contribution in [2.75, 3.05) is 18.5 Å². The molecule has 2 aromatic heterocycles. The molecule has 3 aromatic rings. The summed E-state index contributed by atoms with van der Waals surface area (Å²) in [5.74, 6) is 1.11. The average molecular weight is 456 g/mol. The molecule has 3 rings (SSSR count). The molecule has 33 heavy (non-hydrogen) atoms. The SMILES string of the molecule is CCCc1nn(C)c2c(=O)n(CCOc3ccc(NC(C)C(=O)OCC)cc3)c(CC)nc12. The quantitative estimate of drug-likeness (QED) is 0.444. The molecule has 0 spiro atoms. The second-order valence-corrected chi connectivity index (χ2v) is 7.85. The number of fused-ring (bicyclic) bond motifs is 1. The highest BCUT2D eigenvalue weighted by Gasteiger charge is 2.18. The molecule has 0 aliphatic rings. The Bertz CT molecular complexity index is 1150. The van der Waals surface area contributed by atoms with Gasteiger partial charge in [-0.15, -0.1) is 0 Å². The molecule has 0 fully saturated rings. The minimum absolute atomic E-state index is 0.0923. The van der Waals surface area contributed by atoms with Crippen molar-refractivity contribution >= 4 is 22.7 Å². The number of ether oxygens (including phenoxy) is 2. The van der Waals surface area contributed by atoms with Gasteiger partial charge in [0, 0.05) is 19.2 Å². The van der Waals surface area contributed by atoms with E-state index in [4.69, 9.17) is 14.5 Å². The Labute approximate surface area is 193 Å². The second-order valence-electron chi connectivity index (χ2n) is 7.85. The number of esters is 1. The van der Waals surface area contributed by atoms with E-state index in [1.165, 1.54) is 0 Å². The Morgan fingerprint density at radius 1 is 1.18 bits per heavy atom. The van der Waals surface area contributed by atoms with Gasteiger partial charge in [0.05, 0.1) is 18.8 Å². The van der Waals surface area contributed by atoms with Crippen molar-refractivity contribution in [2.24, 2.45) is 7.05 Å².